The lowest BCUT2D eigenvalue weighted by Gasteiger charge is -2.20. The van der Waals surface area contributed by atoms with E-state index < -0.39 is 0 Å². The van der Waals surface area contributed by atoms with Crippen molar-refractivity contribution in [2.45, 2.75) is 26.2 Å². The molecule has 0 spiro atoms. The molecule has 0 fully saturated rings. The van der Waals surface area contributed by atoms with Crippen LogP contribution in [-0.4, -0.2) is 22.8 Å². The average Bonchev–Trinajstić information content (AvgIpc) is 2.91. The molecule has 1 aromatic heterocycles. The van der Waals surface area contributed by atoms with Crippen LogP contribution in [0.5, 0.6) is 0 Å². The van der Waals surface area contributed by atoms with Gasteiger partial charge in [-0.2, -0.15) is 5.10 Å². The molecule has 20 heavy (non-hydrogen) atoms. The van der Waals surface area contributed by atoms with Gasteiger partial charge in [0.05, 0.1) is 18.2 Å². The Balaban J connectivity index is 1.89. The van der Waals surface area contributed by atoms with Gasteiger partial charge < -0.3 is 4.74 Å². The Hall–Kier alpha value is -2.10. The van der Waals surface area contributed by atoms with Gasteiger partial charge in [0, 0.05) is 16.8 Å². The fraction of sp³-hybridized carbons (Fsp3) is 0.375. The van der Waals surface area contributed by atoms with Crippen LogP contribution in [0.25, 0.3) is 11.3 Å². The first kappa shape index (κ1) is 12.9. The third-order valence-electron chi connectivity index (χ3n) is 3.81. The van der Waals surface area contributed by atoms with E-state index in [1.807, 2.05) is 37.3 Å². The Morgan fingerprint density at radius 3 is 2.95 bits per heavy atom. The molecule has 0 bridgehead atoms. The maximum atomic E-state index is 11.9. The SMILES string of the molecule is CCOC(=O)C1CCc2[nH]nc(-c3ccccc3)c2C1. The number of carbonyl (C=O) groups is 1. The van der Waals surface area contributed by atoms with E-state index in [1.165, 1.54) is 5.56 Å². The standard InChI is InChI=1S/C16H18N2O2/c1-2-20-16(19)12-8-9-14-13(10-12)15(18-17-14)11-6-4-3-5-7-11/h3-7,12H,2,8-10H2,1H3,(H,17,18). The molecule has 0 aliphatic heterocycles. The van der Waals surface area contributed by atoms with Crippen LogP contribution in [0.15, 0.2) is 30.3 Å². The molecule has 0 amide bonds. The molecule has 1 N–H and O–H groups in total. The predicted molar refractivity (Wildman–Crippen MR) is 76.2 cm³/mol. The zero-order chi connectivity index (χ0) is 13.9. The minimum Gasteiger partial charge on any atom is -0.466 e. The third kappa shape index (κ3) is 2.33. The van der Waals surface area contributed by atoms with Crippen LogP contribution in [0.2, 0.25) is 0 Å². The number of hydrogen-bond acceptors (Lipinski definition) is 3. The normalized spacial score (nSPS) is 17.6. The van der Waals surface area contributed by atoms with E-state index >= 15 is 0 Å². The Morgan fingerprint density at radius 2 is 2.20 bits per heavy atom. The number of hydrogen-bond donors (Lipinski definition) is 1. The number of H-pyrrole nitrogens is 1. The Morgan fingerprint density at radius 1 is 1.40 bits per heavy atom. The molecule has 1 aliphatic carbocycles. The van der Waals surface area contributed by atoms with Gasteiger partial charge in [-0.15, -0.1) is 0 Å². The van der Waals surface area contributed by atoms with Crippen molar-refractivity contribution >= 4 is 5.97 Å². The summed E-state index contributed by atoms with van der Waals surface area (Å²) in [5.74, 6) is -0.124. The Bertz CT molecular complexity index is 604. The van der Waals surface area contributed by atoms with Crippen LogP contribution in [0.1, 0.15) is 24.6 Å². The van der Waals surface area contributed by atoms with Crippen molar-refractivity contribution in [3.63, 3.8) is 0 Å². The third-order valence-corrected chi connectivity index (χ3v) is 3.81. The second kappa shape index (κ2) is 5.49. The lowest BCUT2D eigenvalue weighted by atomic mass is 9.85. The van der Waals surface area contributed by atoms with E-state index in [2.05, 4.69) is 10.2 Å². The lowest BCUT2D eigenvalue weighted by Crippen LogP contribution is -2.24. The molecule has 0 radical (unpaired) electrons. The Kier molecular flexibility index (Phi) is 3.54. The van der Waals surface area contributed by atoms with E-state index in [9.17, 15) is 4.79 Å². The fourth-order valence-corrected chi connectivity index (χ4v) is 2.79. The number of aromatic amines is 1. The molecule has 1 aromatic carbocycles. The van der Waals surface area contributed by atoms with Gasteiger partial charge in [-0.25, -0.2) is 0 Å². The van der Waals surface area contributed by atoms with E-state index in [-0.39, 0.29) is 11.9 Å². The molecule has 4 heteroatoms. The number of benzene rings is 1. The summed E-state index contributed by atoms with van der Waals surface area (Å²) in [6.45, 7) is 2.29. The molecule has 0 saturated carbocycles. The molecule has 2 aromatic rings. The number of esters is 1. The monoisotopic (exact) mass is 270 g/mol. The topological polar surface area (TPSA) is 55.0 Å². The second-order valence-corrected chi connectivity index (χ2v) is 5.09. The quantitative estimate of drug-likeness (QED) is 0.872. The summed E-state index contributed by atoms with van der Waals surface area (Å²) in [4.78, 5) is 11.9. The van der Waals surface area contributed by atoms with Crippen LogP contribution in [0, 0.1) is 5.92 Å². The molecule has 4 nitrogen and oxygen atoms in total. The molecule has 1 atom stereocenters. The summed E-state index contributed by atoms with van der Waals surface area (Å²) in [5, 5.41) is 7.54. The first-order chi connectivity index (χ1) is 9.79. The van der Waals surface area contributed by atoms with Gasteiger partial charge in [0.25, 0.3) is 0 Å². The summed E-state index contributed by atoms with van der Waals surface area (Å²) in [6.07, 6.45) is 2.41. The van der Waals surface area contributed by atoms with Crippen molar-refractivity contribution in [2.75, 3.05) is 6.61 Å². The van der Waals surface area contributed by atoms with Crippen LogP contribution in [0.3, 0.4) is 0 Å². The molecule has 104 valence electrons. The van der Waals surface area contributed by atoms with Crippen LogP contribution < -0.4 is 0 Å². The van der Waals surface area contributed by atoms with Gasteiger partial charge in [0.15, 0.2) is 0 Å². The number of nitrogens with zero attached hydrogens (tertiary/aromatic N) is 1. The molecule has 3 rings (SSSR count). The lowest BCUT2D eigenvalue weighted by molar-refractivity contribution is -0.148. The largest absolute Gasteiger partial charge is 0.466 e. The van der Waals surface area contributed by atoms with Gasteiger partial charge in [-0.3, -0.25) is 9.89 Å². The maximum Gasteiger partial charge on any atom is 0.309 e. The van der Waals surface area contributed by atoms with Crippen molar-refractivity contribution in [3.05, 3.63) is 41.6 Å². The highest BCUT2D eigenvalue weighted by Gasteiger charge is 2.29. The van der Waals surface area contributed by atoms with Gasteiger partial charge in [0.2, 0.25) is 0 Å². The van der Waals surface area contributed by atoms with Crippen LogP contribution >= 0.6 is 0 Å². The van der Waals surface area contributed by atoms with Crippen molar-refractivity contribution in [1.82, 2.24) is 10.2 Å². The summed E-state index contributed by atoms with van der Waals surface area (Å²) in [6, 6.07) is 10.1. The van der Waals surface area contributed by atoms with Crippen molar-refractivity contribution < 1.29 is 9.53 Å². The first-order valence-electron chi connectivity index (χ1n) is 7.07. The fourth-order valence-electron chi connectivity index (χ4n) is 2.79. The predicted octanol–water partition coefficient (Wildman–Crippen LogP) is 2.74. The molecule has 1 aliphatic rings. The van der Waals surface area contributed by atoms with Gasteiger partial charge in [-0.05, 0) is 26.2 Å². The molecular formula is C16H18N2O2. The zero-order valence-electron chi connectivity index (χ0n) is 11.6. The highest BCUT2D eigenvalue weighted by Crippen LogP contribution is 2.32. The minimum absolute atomic E-state index is 0.0393. The van der Waals surface area contributed by atoms with E-state index in [0.29, 0.717) is 6.61 Å². The summed E-state index contributed by atoms with van der Waals surface area (Å²) < 4.78 is 5.15. The summed E-state index contributed by atoms with van der Waals surface area (Å²) in [5.41, 5.74) is 4.38. The maximum absolute atomic E-state index is 11.9. The second-order valence-electron chi connectivity index (χ2n) is 5.09. The number of aromatic nitrogens is 2. The number of nitrogens with one attached hydrogen (secondary N) is 1. The molecular weight excluding hydrogens is 252 g/mol. The Labute approximate surface area is 118 Å². The molecule has 1 heterocycles. The first-order valence-corrected chi connectivity index (χ1v) is 7.07. The van der Waals surface area contributed by atoms with Crippen LogP contribution in [-0.2, 0) is 22.4 Å². The van der Waals surface area contributed by atoms with E-state index in [0.717, 1.165) is 36.2 Å². The summed E-state index contributed by atoms with van der Waals surface area (Å²) >= 11 is 0. The van der Waals surface area contributed by atoms with E-state index in [1.54, 1.807) is 0 Å². The highest BCUT2D eigenvalue weighted by molar-refractivity contribution is 5.74. The average molecular weight is 270 g/mol. The summed E-state index contributed by atoms with van der Waals surface area (Å²) in [7, 11) is 0. The highest BCUT2D eigenvalue weighted by atomic mass is 16.5. The smallest absolute Gasteiger partial charge is 0.309 e. The minimum atomic E-state index is -0.0849. The van der Waals surface area contributed by atoms with Gasteiger partial charge in [-0.1, -0.05) is 30.3 Å². The van der Waals surface area contributed by atoms with Crippen LogP contribution in [0.4, 0.5) is 0 Å². The van der Waals surface area contributed by atoms with Crippen molar-refractivity contribution in [1.29, 1.82) is 0 Å². The van der Waals surface area contributed by atoms with E-state index in [4.69, 9.17) is 4.74 Å². The molecule has 1 unspecified atom stereocenters. The number of fused-ring (bicyclic) bond motifs is 1. The number of carbonyl (C=O) groups excluding carboxylic acids is 1. The number of rotatable bonds is 3. The van der Waals surface area contributed by atoms with Gasteiger partial charge >= 0.3 is 5.97 Å². The van der Waals surface area contributed by atoms with Gasteiger partial charge in [0.1, 0.15) is 0 Å². The van der Waals surface area contributed by atoms with Crippen molar-refractivity contribution in [2.24, 2.45) is 5.92 Å². The number of aryl methyl sites for hydroxylation is 1. The zero-order valence-corrected chi connectivity index (χ0v) is 11.6. The number of ether oxygens (including phenoxy) is 1. The molecule has 0 saturated heterocycles. The van der Waals surface area contributed by atoms with Crippen molar-refractivity contribution in [3.8, 4) is 11.3 Å².